The molecule has 2 aromatic carbocycles. The lowest BCUT2D eigenvalue weighted by molar-refractivity contribution is -0.123. The van der Waals surface area contributed by atoms with E-state index in [0.717, 1.165) is 32.4 Å². The van der Waals surface area contributed by atoms with Crippen LogP contribution in [0.15, 0.2) is 54.6 Å². The summed E-state index contributed by atoms with van der Waals surface area (Å²) < 4.78 is 13.1. The standard InChI is InChI=1S/C28H35FN2O2/c29-23-15-13-22(14-16-23)27(32)11-6-19-31-20-18-25(24-9-4-5-10-26(24)31)30-28(33)17-12-21-7-2-1-3-8-21/h1-3,7-8,13-16,24-26H,4-6,9-12,17-20H2,(H,30,33)/t24-,25-,26?/m0/s1. The fourth-order valence-electron chi connectivity index (χ4n) is 5.61. The van der Waals surface area contributed by atoms with E-state index in [0.29, 0.717) is 30.4 Å². The third kappa shape index (κ3) is 6.50. The second-order valence-corrected chi connectivity index (χ2v) is 9.53. The van der Waals surface area contributed by atoms with Crippen LogP contribution in [0.2, 0.25) is 0 Å². The highest BCUT2D eigenvalue weighted by Gasteiger charge is 2.39. The molecule has 1 heterocycles. The third-order valence-corrected chi connectivity index (χ3v) is 7.34. The van der Waals surface area contributed by atoms with E-state index in [1.165, 1.54) is 43.4 Å². The van der Waals surface area contributed by atoms with Crippen molar-refractivity contribution in [2.24, 2.45) is 5.92 Å². The van der Waals surface area contributed by atoms with Gasteiger partial charge in [-0.1, -0.05) is 43.2 Å². The van der Waals surface area contributed by atoms with Crippen LogP contribution in [0.25, 0.3) is 0 Å². The Labute approximate surface area is 196 Å². The molecule has 2 aromatic rings. The van der Waals surface area contributed by atoms with Gasteiger partial charge in [-0.25, -0.2) is 4.39 Å². The number of carbonyl (C=O) groups is 2. The quantitative estimate of drug-likeness (QED) is 0.536. The normalized spacial score (nSPS) is 23.0. The van der Waals surface area contributed by atoms with Crippen molar-refractivity contribution in [3.05, 3.63) is 71.5 Å². The number of aryl methyl sites for hydroxylation is 1. The highest BCUT2D eigenvalue weighted by molar-refractivity contribution is 5.95. The van der Waals surface area contributed by atoms with Gasteiger partial charge in [0, 0.05) is 37.0 Å². The molecule has 0 spiro atoms. The number of rotatable bonds is 9. The van der Waals surface area contributed by atoms with Crippen molar-refractivity contribution in [3.8, 4) is 0 Å². The van der Waals surface area contributed by atoms with E-state index in [9.17, 15) is 14.0 Å². The summed E-state index contributed by atoms with van der Waals surface area (Å²) in [4.78, 5) is 27.6. The number of likely N-dealkylation sites (tertiary alicyclic amines) is 1. The molecule has 1 saturated heterocycles. The zero-order chi connectivity index (χ0) is 23.0. The first-order valence-electron chi connectivity index (χ1n) is 12.5. The number of benzene rings is 2. The van der Waals surface area contributed by atoms with Crippen LogP contribution in [0.3, 0.4) is 0 Å². The van der Waals surface area contributed by atoms with Gasteiger partial charge >= 0.3 is 0 Å². The lowest BCUT2D eigenvalue weighted by atomic mass is 9.75. The molecular formula is C28H35FN2O2. The van der Waals surface area contributed by atoms with E-state index in [1.54, 1.807) is 12.1 Å². The number of hydrogen-bond donors (Lipinski definition) is 1. The number of Topliss-reactive ketones (excluding diaryl/α,β-unsaturated/α-hetero) is 1. The molecule has 3 atom stereocenters. The second-order valence-electron chi connectivity index (χ2n) is 9.53. The van der Waals surface area contributed by atoms with Crippen molar-refractivity contribution in [2.75, 3.05) is 13.1 Å². The fourth-order valence-corrected chi connectivity index (χ4v) is 5.61. The van der Waals surface area contributed by atoms with E-state index in [2.05, 4.69) is 22.3 Å². The lowest BCUT2D eigenvalue weighted by Crippen LogP contribution is -2.57. The minimum Gasteiger partial charge on any atom is -0.353 e. The number of ketones is 1. The number of halogens is 1. The highest BCUT2D eigenvalue weighted by atomic mass is 19.1. The summed E-state index contributed by atoms with van der Waals surface area (Å²) in [5, 5.41) is 3.36. The molecule has 4 nitrogen and oxygen atoms in total. The van der Waals surface area contributed by atoms with Crippen molar-refractivity contribution >= 4 is 11.7 Å². The fraction of sp³-hybridized carbons (Fsp3) is 0.500. The van der Waals surface area contributed by atoms with Crippen LogP contribution in [0.1, 0.15) is 67.3 Å². The highest BCUT2D eigenvalue weighted by Crippen LogP contribution is 2.36. The zero-order valence-corrected chi connectivity index (χ0v) is 19.3. The molecule has 1 aliphatic heterocycles. The molecule has 1 amide bonds. The smallest absolute Gasteiger partial charge is 0.220 e. The Morgan fingerprint density at radius 2 is 1.70 bits per heavy atom. The minimum absolute atomic E-state index is 0.0794. The van der Waals surface area contributed by atoms with Gasteiger partial charge in [-0.15, -0.1) is 0 Å². The Balaban J connectivity index is 1.26. The van der Waals surface area contributed by atoms with Gasteiger partial charge in [0.25, 0.3) is 0 Å². The number of nitrogens with one attached hydrogen (secondary N) is 1. The second kappa shape index (κ2) is 11.6. The Morgan fingerprint density at radius 1 is 0.939 bits per heavy atom. The molecular weight excluding hydrogens is 415 g/mol. The molecule has 4 rings (SSSR count). The molecule has 0 aromatic heterocycles. The van der Waals surface area contributed by atoms with E-state index >= 15 is 0 Å². The van der Waals surface area contributed by atoms with Crippen molar-refractivity contribution in [3.63, 3.8) is 0 Å². The topological polar surface area (TPSA) is 49.4 Å². The minimum atomic E-state index is -0.315. The Hall–Kier alpha value is -2.53. The van der Waals surface area contributed by atoms with Crippen molar-refractivity contribution in [1.82, 2.24) is 10.2 Å². The first-order valence-corrected chi connectivity index (χ1v) is 12.5. The summed E-state index contributed by atoms with van der Waals surface area (Å²) in [7, 11) is 0. The summed E-state index contributed by atoms with van der Waals surface area (Å²) >= 11 is 0. The predicted molar refractivity (Wildman–Crippen MR) is 129 cm³/mol. The van der Waals surface area contributed by atoms with Crippen LogP contribution in [0, 0.1) is 11.7 Å². The number of piperidine rings is 1. The summed E-state index contributed by atoms with van der Waals surface area (Å²) in [5.74, 6) is 0.424. The van der Waals surface area contributed by atoms with Gasteiger partial charge in [-0.2, -0.15) is 0 Å². The Kier molecular flexibility index (Phi) is 8.27. The molecule has 1 N–H and O–H groups in total. The van der Waals surface area contributed by atoms with Gasteiger partial charge in [0.15, 0.2) is 5.78 Å². The third-order valence-electron chi connectivity index (χ3n) is 7.34. The van der Waals surface area contributed by atoms with E-state index in [1.807, 2.05) is 18.2 Å². The maximum atomic E-state index is 13.1. The Bertz CT molecular complexity index is 915. The summed E-state index contributed by atoms with van der Waals surface area (Å²) in [6.07, 6.45) is 8.40. The SMILES string of the molecule is O=C(CCc1ccccc1)N[C@H]1CCN(CCCC(=O)c2ccc(F)cc2)C2CCCC[C@H]21. The maximum absolute atomic E-state index is 13.1. The number of carbonyl (C=O) groups excluding carboxylic acids is 2. The molecule has 2 fully saturated rings. The van der Waals surface area contributed by atoms with Crippen LogP contribution in [0.5, 0.6) is 0 Å². The van der Waals surface area contributed by atoms with Crippen LogP contribution < -0.4 is 5.32 Å². The number of amides is 1. The number of hydrogen-bond acceptors (Lipinski definition) is 3. The van der Waals surface area contributed by atoms with Gasteiger partial charge in [-0.3, -0.25) is 14.5 Å². The molecule has 0 radical (unpaired) electrons. The van der Waals surface area contributed by atoms with E-state index < -0.39 is 0 Å². The van der Waals surface area contributed by atoms with Crippen molar-refractivity contribution in [2.45, 2.75) is 69.9 Å². The molecule has 176 valence electrons. The molecule has 2 aliphatic rings. The number of nitrogens with zero attached hydrogens (tertiary/aromatic N) is 1. The van der Waals surface area contributed by atoms with Crippen LogP contribution in [-0.2, 0) is 11.2 Å². The zero-order valence-electron chi connectivity index (χ0n) is 19.3. The average molecular weight is 451 g/mol. The van der Waals surface area contributed by atoms with Crippen LogP contribution in [-0.4, -0.2) is 41.8 Å². The van der Waals surface area contributed by atoms with Gasteiger partial charge in [0.1, 0.15) is 5.82 Å². The van der Waals surface area contributed by atoms with Crippen LogP contribution >= 0.6 is 0 Å². The maximum Gasteiger partial charge on any atom is 0.220 e. The predicted octanol–water partition coefficient (Wildman–Crippen LogP) is 5.17. The molecule has 0 bridgehead atoms. The van der Waals surface area contributed by atoms with Gasteiger partial charge in [0.05, 0.1) is 0 Å². The van der Waals surface area contributed by atoms with Gasteiger partial charge < -0.3 is 5.32 Å². The molecule has 1 saturated carbocycles. The summed E-state index contributed by atoms with van der Waals surface area (Å²) in [6, 6.07) is 16.8. The lowest BCUT2D eigenvalue weighted by Gasteiger charge is -2.48. The molecule has 5 heteroatoms. The first kappa shape index (κ1) is 23.6. The molecule has 1 aliphatic carbocycles. The number of fused-ring (bicyclic) bond motifs is 1. The van der Waals surface area contributed by atoms with Gasteiger partial charge in [0.2, 0.25) is 5.91 Å². The summed E-state index contributed by atoms with van der Waals surface area (Å²) in [5.41, 5.74) is 1.79. The van der Waals surface area contributed by atoms with Crippen molar-refractivity contribution in [1.29, 1.82) is 0 Å². The molecule has 33 heavy (non-hydrogen) atoms. The Morgan fingerprint density at radius 3 is 2.48 bits per heavy atom. The average Bonchev–Trinajstić information content (AvgIpc) is 2.85. The van der Waals surface area contributed by atoms with E-state index in [4.69, 9.17) is 0 Å². The largest absolute Gasteiger partial charge is 0.353 e. The van der Waals surface area contributed by atoms with Crippen molar-refractivity contribution < 1.29 is 14.0 Å². The van der Waals surface area contributed by atoms with E-state index in [-0.39, 0.29) is 23.5 Å². The summed E-state index contributed by atoms with van der Waals surface area (Å²) in [6.45, 7) is 1.87. The van der Waals surface area contributed by atoms with Gasteiger partial charge in [-0.05, 0) is 74.4 Å². The molecule has 1 unspecified atom stereocenters. The monoisotopic (exact) mass is 450 g/mol. The first-order chi connectivity index (χ1) is 16.1. The van der Waals surface area contributed by atoms with Crippen LogP contribution in [0.4, 0.5) is 4.39 Å².